The number of nitrogens with one attached hydrogen (secondary N) is 1. The second-order valence-corrected chi connectivity index (χ2v) is 9.31. The van der Waals surface area contributed by atoms with Gasteiger partial charge in [0.15, 0.2) is 6.61 Å². The molecular weight excluding hydrogens is 459 g/mol. The molecule has 1 N–H and O–H groups in total. The molecule has 0 heterocycles. The zero-order chi connectivity index (χ0) is 24.5. The maximum Gasteiger partial charge on any atom is 0.261 e. The van der Waals surface area contributed by atoms with Crippen molar-refractivity contribution in [2.75, 3.05) is 6.61 Å². The molecule has 0 aliphatic heterocycles. The molecule has 0 saturated heterocycles. The van der Waals surface area contributed by atoms with Gasteiger partial charge in [0.1, 0.15) is 11.8 Å². The van der Waals surface area contributed by atoms with Crippen LogP contribution in [0.4, 0.5) is 0 Å². The van der Waals surface area contributed by atoms with Crippen molar-refractivity contribution in [1.82, 2.24) is 10.2 Å². The molecule has 2 atom stereocenters. The molecule has 7 heteroatoms. The first-order valence-corrected chi connectivity index (χ1v) is 12.2. The Morgan fingerprint density at radius 1 is 1.00 bits per heavy atom. The average molecular weight is 493 g/mol. The van der Waals surface area contributed by atoms with Crippen molar-refractivity contribution in [1.29, 1.82) is 0 Å². The number of carbonyl (C=O) groups is 2. The van der Waals surface area contributed by atoms with Crippen molar-refractivity contribution in [3.8, 4) is 5.75 Å². The van der Waals surface area contributed by atoms with Crippen molar-refractivity contribution in [2.45, 2.75) is 72.0 Å². The zero-order valence-electron chi connectivity index (χ0n) is 20.0. The molecule has 0 aromatic heterocycles. The quantitative estimate of drug-likeness (QED) is 0.405. The van der Waals surface area contributed by atoms with Crippen LogP contribution in [0.25, 0.3) is 0 Å². The van der Waals surface area contributed by atoms with Gasteiger partial charge in [-0.05, 0) is 55.0 Å². The van der Waals surface area contributed by atoms with E-state index in [9.17, 15) is 9.59 Å². The molecule has 2 amide bonds. The first-order chi connectivity index (χ1) is 15.7. The van der Waals surface area contributed by atoms with Crippen LogP contribution in [0.1, 0.15) is 64.5 Å². The Hall–Kier alpha value is -2.24. The fraction of sp³-hybridized carbons (Fsp3) is 0.462. The summed E-state index contributed by atoms with van der Waals surface area (Å²) in [6, 6.07) is 12.3. The SMILES string of the molecule is CC[C@H](C)NC(=O)[C@H](CC)N(Cc1ccc(Cl)c(Cl)c1)C(=O)COc1ccccc1C(C)C. The van der Waals surface area contributed by atoms with Crippen LogP contribution in [0, 0.1) is 0 Å². The van der Waals surface area contributed by atoms with Gasteiger partial charge in [-0.15, -0.1) is 0 Å². The van der Waals surface area contributed by atoms with Crippen LogP contribution in [-0.4, -0.2) is 35.4 Å². The number of rotatable bonds is 11. The molecule has 0 unspecified atom stereocenters. The Bertz CT molecular complexity index is 949. The molecule has 33 heavy (non-hydrogen) atoms. The number of halogens is 2. The Balaban J connectivity index is 2.29. The standard InChI is InChI=1S/C26H34Cl2N2O3/c1-6-18(5)29-26(32)23(7-2)30(15-19-12-13-21(27)22(28)14-19)25(31)16-33-24-11-9-8-10-20(24)17(3)4/h8-14,17-18,23H,6-7,15-16H2,1-5H3,(H,29,32)/t18-,23-/m0/s1. The first-order valence-electron chi connectivity index (χ1n) is 11.4. The number of carbonyl (C=O) groups excluding carboxylic acids is 2. The second-order valence-electron chi connectivity index (χ2n) is 8.49. The molecule has 0 aliphatic rings. The fourth-order valence-corrected chi connectivity index (χ4v) is 3.83. The molecule has 0 radical (unpaired) electrons. The number of amides is 2. The van der Waals surface area contributed by atoms with Gasteiger partial charge in [-0.1, -0.05) is 75.2 Å². The topological polar surface area (TPSA) is 58.6 Å². The summed E-state index contributed by atoms with van der Waals surface area (Å²) in [5, 5.41) is 3.84. The van der Waals surface area contributed by atoms with Gasteiger partial charge in [0.25, 0.3) is 5.91 Å². The average Bonchev–Trinajstić information content (AvgIpc) is 2.79. The summed E-state index contributed by atoms with van der Waals surface area (Å²) in [5.74, 6) is 0.481. The van der Waals surface area contributed by atoms with E-state index in [-0.39, 0.29) is 36.9 Å². The molecule has 2 aromatic carbocycles. The van der Waals surface area contributed by atoms with Gasteiger partial charge in [0.2, 0.25) is 5.91 Å². The number of hydrogen-bond acceptors (Lipinski definition) is 3. The monoisotopic (exact) mass is 492 g/mol. The third kappa shape index (κ3) is 7.65. The Morgan fingerprint density at radius 3 is 2.30 bits per heavy atom. The molecule has 0 saturated carbocycles. The largest absolute Gasteiger partial charge is 0.483 e. The molecule has 180 valence electrons. The third-order valence-corrected chi connectivity index (χ3v) is 6.36. The van der Waals surface area contributed by atoms with Gasteiger partial charge in [-0.3, -0.25) is 9.59 Å². The highest BCUT2D eigenvalue weighted by atomic mass is 35.5. The Morgan fingerprint density at radius 2 is 1.70 bits per heavy atom. The molecule has 0 spiro atoms. The van der Waals surface area contributed by atoms with E-state index < -0.39 is 6.04 Å². The van der Waals surface area contributed by atoms with E-state index in [0.717, 1.165) is 17.5 Å². The molecule has 0 aliphatic carbocycles. The van der Waals surface area contributed by atoms with Crippen molar-refractivity contribution < 1.29 is 14.3 Å². The molecule has 2 rings (SSSR count). The summed E-state index contributed by atoms with van der Waals surface area (Å²) in [6.45, 7) is 10.0. The second kappa shape index (κ2) is 12.9. The highest BCUT2D eigenvalue weighted by molar-refractivity contribution is 6.42. The van der Waals surface area contributed by atoms with Crippen LogP contribution in [0.2, 0.25) is 10.0 Å². The van der Waals surface area contributed by atoms with E-state index in [1.807, 2.05) is 51.1 Å². The highest BCUT2D eigenvalue weighted by Gasteiger charge is 2.29. The van der Waals surface area contributed by atoms with Gasteiger partial charge in [-0.25, -0.2) is 0 Å². The van der Waals surface area contributed by atoms with E-state index in [2.05, 4.69) is 19.2 Å². The minimum atomic E-state index is -0.634. The highest BCUT2D eigenvalue weighted by Crippen LogP contribution is 2.27. The lowest BCUT2D eigenvalue weighted by molar-refractivity contribution is -0.143. The first kappa shape index (κ1) is 27.0. The predicted molar refractivity (Wildman–Crippen MR) is 135 cm³/mol. The molecule has 0 fully saturated rings. The fourth-order valence-electron chi connectivity index (χ4n) is 3.51. The van der Waals surface area contributed by atoms with E-state index in [4.69, 9.17) is 27.9 Å². The van der Waals surface area contributed by atoms with Crippen LogP contribution in [0.5, 0.6) is 5.75 Å². The zero-order valence-corrected chi connectivity index (χ0v) is 21.5. The lowest BCUT2D eigenvalue weighted by Gasteiger charge is -2.31. The van der Waals surface area contributed by atoms with Crippen molar-refractivity contribution in [3.05, 3.63) is 63.6 Å². The summed E-state index contributed by atoms with van der Waals surface area (Å²) in [7, 11) is 0. The Kier molecular flexibility index (Phi) is 10.5. The summed E-state index contributed by atoms with van der Waals surface area (Å²) < 4.78 is 5.93. The van der Waals surface area contributed by atoms with Crippen LogP contribution in [0.15, 0.2) is 42.5 Å². The number of hydrogen-bond donors (Lipinski definition) is 1. The van der Waals surface area contributed by atoms with Crippen LogP contribution in [0.3, 0.4) is 0 Å². The Labute approximate surface area is 207 Å². The smallest absolute Gasteiger partial charge is 0.261 e. The van der Waals surface area contributed by atoms with E-state index in [1.165, 1.54) is 0 Å². The summed E-state index contributed by atoms with van der Waals surface area (Å²) >= 11 is 12.2. The van der Waals surface area contributed by atoms with E-state index in [0.29, 0.717) is 22.2 Å². The van der Waals surface area contributed by atoms with Gasteiger partial charge >= 0.3 is 0 Å². The minimum absolute atomic E-state index is 0.0163. The van der Waals surface area contributed by atoms with E-state index in [1.54, 1.807) is 17.0 Å². The number of benzene rings is 2. The van der Waals surface area contributed by atoms with Crippen LogP contribution < -0.4 is 10.1 Å². The van der Waals surface area contributed by atoms with Crippen molar-refractivity contribution >= 4 is 35.0 Å². The van der Waals surface area contributed by atoms with Crippen LogP contribution >= 0.6 is 23.2 Å². The lowest BCUT2D eigenvalue weighted by atomic mass is 10.0. The normalized spacial score (nSPS) is 12.8. The van der Waals surface area contributed by atoms with Crippen LogP contribution in [-0.2, 0) is 16.1 Å². The summed E-state index contributed by atoms with van der Waals surface area (Å²) in [5.41, 5.74) is 1.82. The molecular formula is C26H34Cl2N2O3. The minimum Gasteiger partial charge on any atom is -0.483 e. The molecule has 0 bridgehead atoms. The lowest BCUT2D eigenvalue weighted by Crippen LogP contribution is -2.51. The maximum atomic E-state index is 13.4. The number of nitrogens with zero attached hydrogens (tertiary/aromatic N) is 1. The van der Waals surface area contributed by atoms with Gasteiger partial charge < -0.3 is 15.0 Å². The van der Waals surface area contributed by atoms with E-state index >= 15 is 0 Å². The maximum absolute atomic E-state index is 13.4. The van der Waals surface area contributed by atoms with Gasteiger partial charge in [-0.2, -0.15) is 0 Å². The number of para-hydroxylation sites is 1. The third-order valence-electron chi connectivity index (χ3n) is 5.62. The molecule has 2 aromatic rings. The predicted octanol–water partition coefficient (Wildman–Crippen LogP) is 6.22. The van der Waals surface area contributed by atoms with Crippen molar-refractivity contribution in [3.63, 3.8) is 0 Å². The summed E-state index contributed by atoms with van der Waals surface area (Å²) in [6.07, 6.45) is 1.27. The van der Waals surface area contributed by atoms with Crippen molar-refractivity contribution in [2.24, 2.45) is 0 Å². The van der Waals surface area contributed by atoms with Gasteiger partial charge in [0, 0.05) is 12.6 Å². The van der Waals surface area contributed by atoms with Gasteiger partial charge in [0.05, 0.1) is 10.0 Å². The molecule has 5 nitrogen and oxygen atoms in total. The summed E-state index contributed by atoms with van der Waals surface area (Å²) in [4.78, 5) is 28.0. The number of ether oxygens (including phenoxy) is 1.